The van der Waals surface area contributed by atoms with E-state index in [1.54, 1.807) is 6.07 Å². The lowest BCUT2D eigenvalue weighted by atomic mass is 10.2. The van der Waals surface area contributed by atoms with Crippen molar-refractivity contribution in [3.8, 4) is 0 Å². The molecule has 0 spiro atoms. The van der Waals surface area contributed by atoms with Crippen molar-refractivity contribution in [1.29, 1.82) is 0 Å². The van der Waals surface area contributed by atoms with Crippen molar-refractivity contribution in [1.82, 2.24) is 16.0 Å². The molecule has 2 heterocycles. The molecular weight excluding hydrogens is 402 g/mol. The van der Waals surface area contributed by atoms with Gasteiger partial charge in [0, 0.05) is 55.0 Å². The zero-order valence-electron chi connectivity index (χ0n) is 17.6. The summed E-state index contributed by atoms with van der Waals surface area (Å²) in [7, 11) is 0. The summed E-state index contributed by atoms with van der Waals surface area (Å²) in [6.07, 6.45) is 3.32. The third-order valence-corrected chi connectivity index (χ3v) is 5.24. The minimum atomic E-state index is -0.182. The number of hydrogen-bond acceptors (Lipinski definition) is 4. The molecule has 1 aromatic heterocycles. The topological polar surface area (TPSA) is 81.9 Å². The van der Waals surface area contributed by atoms with Crippen LogP contribution in [0.4, 0.5) is 5.69 Å². The monoisotopic (exact) mass is 431 g/mol. The first kappa shape index (κ1) is 22.0. The summed E-state index contributed by atoms with van der Waals surface area (Å²) in [6.45, 7) is 7.76. The van der Waals surface area contributed by atoms with Crippen molar-refractivity contribution in [2.45, 2.75) is 32.7 Å². The molecule has 3 rings (SSSR count). The number of carbonyl (C=O) groups excluding carboxylic acids is 1. The molecule has 7 nitrogen and oxygen atoms in total. The van der Waals surface area contributed by atoms with Crippen LogP contribution in [0.2, 0.25) is 5.02 Å². The van der Waals surface area contributed by atoms with Crippen molar-refractivity contribution in [3.05, 3.63) is 52.9 Å². The molecule has 1 fully saturated rings. The van der Waals surface area contributed by atoms with Crippen molar-refractivity contribution < 1.29 is 9.21 Å². The van der Waals surface area contributed by atoms with Crippen LogP contribution in [-0.4, -0.2) is 50.6 Å². The van der Waals surface area contributed by atoms with E-state index in [1.165, 1.54) is 6.26 Å². The number of guanidine groups is 1. The van der Waals surface area contributed by atoms with Gasteiger partial charge in [0.25, 0.3) is 5.91 Å². The molecule has 1 aromatic carbocycles. The van der Waals surface area contributed by atoms with Gasteiger partial charge in [-0.2, -0.15) is 0 Å². The minimum absolute atomic E-state index is 0.182. The molecule has 1 amide bonds. The maximum Gasteiger partial charge on any atom is 0.287 e. The third-order valence-electron chi connectivity index (χ3n) is 5.01. The number of anilines is 1. The lowest BCUT2D eigenvalue weighted by Gasteiger charge is -2.20. The number of rotatable bonds is 8. The highest BCUT2D eigenvalue weighted by Crippen LogP contribution is 2.23. The van der Waals surface area contributed by atoms with Gasteiger partial charge in [-0.05, 0) is 51.0 Å². The lowest BCUT2D eigenvalue weighted by Crippen LogP contribution is -2.44. The average molecular weight is 432 g/mol. The Kier molecular flexibility index (Phi) is 8.02. The molecular formula is C22H30ClN5O2. The predicted octanol–water partition coefficient (Wildman–Crippen LogP) is 3.20. The Morgan fingerprint density at radius 1 is 1.33 bits per heavy atom. The molecule has 2 aromatic rings. The van der Waals surface area contributed by atoms with Gasteiger partial charge < -0.3 is 25.3 Å². The smallest absolute Gasteiger partial charge is 0.287 e. The normalized spacial score (nSPS) is 16.6. The van der Waals surface area contributed by atoms with Crippen molar-refractivity contribution in [2.75, 3.05) is 37.6 Å². The molecule has 30 heavy (non-hydrogen) atoms. The number of nitrogens with one attached hydrogen (secondary N) is 3. The van der Waals surface area contributed by atoms with E-state index in [1.807, 2.05) is 25.1 Å². The highest BCUT2D eigenvalue weighted by Gasteiger charge is 2.23. The summed E-state index contributed by atoms with van der Waals surface area (Å²) in [5.74, 6) is 1.00. The maximum absolute atomic E-state index is 12.0. The zero-order valence-corrected chi connectivity index (χ0v) is 18.3. The Morgan fingerprint density at radius 2 is 2.20 bits per heavy atom. The van der Waals surface area contributed by atoms with E-state index >= 15 is 0 Å². The Morgan fingerprint density at radius 3 is 2.93 bits per heavy atom. The van der Waals surface area contributed by atoms with Gasteiger partial charge in [-0.1, -0.05) is 17.7 Å². The zero-order chi connectivity index (χ0) is 21.3. The van der Waals surface area contributed by atoms with Crippen LogP contribution >= 0.6 is 11.6 Å². The summed E-state index contributed by atoms with van der Waals surface area (Å²) in [6, 6.07) is 10.1. The number of hydrogen-bond donors (Lipinski definition) is 3. The second-order valence-corrected chi connectivity index (χ2v) is 7.80. The first-order chi connectivity index (χ1) is 14.6. The first-order valence-corrected chi connectivity index (χ1v) is 10.8. The molecule has 1 atom stereocenters. The summed E-state index contributed by atoms with van der Waals surface area (Å²) in [4.78, 5) is 19.0. The second-order valence-electron chi connectivity index (χ2n) is 7.36. The number of carbonyl (C=O) groups is 1. The summed E-state index contributed by atoms with van der Waals surface area (Å²) in [5.41, 5.74) is 1.99. The Balaban J connectivity index is 1.43. The summed E-state index contributed by atoms with van der Waals surface area (Å²) in [5, 5.41) is 10.5. The number of amides is 1. The fraction of sp³-hybridized carbons (Fsp3) is 0.455. The van der Waals surface area contributed by atoms with Gasteiger partial charge in [0.15, 0.2) is 11.7 Å². The highest BCUT2D eigenvalue weighted by atomic mass is 35.5. The SMILES string of the molecule is CCNC(=NCCCNC(=O)c1occc1C)NC1CCN(c2cccc(Cl)c2)C1. The average Bonchev–Trinajstić information content (AvgIpc) is 3.36. The first-order valence-electron chi connectivity index (χ1n) is 10.4. The van der Waals surface area contributed by atoms with Crippen LogP contribution in [0.5, 0.6) is 0 Å². The third kappa shape index (κ3) is 6.16. The Hall–Kier alpha value is -2.67. The fourth-order valence-corrected chi connectivity index (χ4v) is 3.64. The molecule has 0 bridgehead atoms. The largest absolute Gasteiger partial charge is 0.459 e. The number of furan rings is 1. The van der Waals surface area contributed by atoms with Gasteiger partial charge in [-0.25, -0.2) is 0 Å². The van der Waals surface area contributed by atoms with Crippen LogP contribution < -0.4 is 20.9 Å². The highest BCUT2D eigenvalue weighted by molar-refractivity contribution is 6.30. The van der Waals surface area contributed by atoms with Crippen LogP contribution in [0.15, 0.2) is 46.0 Å². The van der Waals surface area contributed by atoms with E-state index in [-0.39, 0.29) is 5.91 Å². The number of aliphatic imine (C=N–C) groups is 1. The fourth-order valence-electron chi connectivity index (χ4n) is 3.46. The Labute approximate surface area is 182 Å². The van der Waals surface area contributed by atoms with E-state index in [0.29, 0.717) is 24.9 Å². The van der Waals surface area contributed by atoms with Gasteiger partial charge >= 0.3 is 0 Å². The maximum atomic E-state index is 12.0. The van der Waals surface area contributed by atoms with Crippen LogP contribution in [0.3, 0.4) is 0 Å². The number of nitrogens with zero attached hydrogens (tertiary/aromatic N) is 2. The predicted molar refractivity (Wildman–Crippen MR) is 122 cm³/mol. The van der Waals surface area contributed by atoms with Gasteiger partial charge in [-0.15, -0.1) is 0 Å². The van der Waals surface area contributed by atoms with E-state index in [0.717, 1.165) is 54.7 Å². The van der Waals surface area contributed by atoms with Gasteiger partial charge in [0.1, 0.15) is 0 Å². The van der Waals surface area contributed by atoms with Crippen LogP contribution in [0, 0.1) is 6.92 Å². The molecule has 8 heteroatoms. The molecule has 1 aliphatic rings. The lowest BCUT2D eigenvalue weighted by molar-refractivity contribution is 0.0925. The van der Waals surface area contributed by atoms with Crippen molar-refractivity contribution in [3.63, 3.8) is 0 Å². The van der Waals surface area contributed by atoms with Crippen molar-refractivity contribution in [2.24, 2.45) is 4.99 Å². The quantitative estimate of drug-likeness (QED) is 0.339. The van der Waals surface area contributed by atoms with E-state index in [2.05, 4.69) is 38.8 Å². The van der Waals surface area contributed by atoms with Gasteiger partial charge in [0.2, 0.25) is 0 Å². The summed E-state index contributed by atoms with van der Waals surface area (Å²) >= 11 is 6.12. The van der Waals surface area contributed by atoms with Gasteiger partial charge in [0.05, 0.1) is 6.26 Å². The number of benzene rings is 1. The molecule has 0 saturated carbocycles. The number of aryl methyl sites for hydroxylation is 1. The molecule has 162 valence electrons. The standard InChI is InChI=1S/C22H30ClN5O2/c1-3-24-22(26-11-5-10-25-21(29)20-16(2)9-13-30-20)27-18-8-12-28(15-18)19-7-4-6-17(23)14-19/h4,6-7,9,13-14,18H,3,5,8,10-12,15H2,1-2H3,(H,25,29)(H2,24,26,27). The van der Waals surface area contributed by atoms with Crippen LogP contribution in [0.1, 0.15) is 35.9 Å². The van der Waals surface area contributed by atoms with E-state index in [9.17, 15) is 4.79 Å². The summed E-state index contributed by atoms with van der Waals surface area (Å²) < 4.78 is 5.20. The molecule has 1 saturated heterocycles. The molecule has 1 aliphatic heterocycles. The number of halogens is 1. The second kappa shape index (κ2) is 10.9. The minimum Gasteiger partial charge on any atom is -0.459 e. The molecule has 0 aliphatic carbocycles. The van der Waals surface area contributed by atoms with Crippen molar-refractivity contribution >= 4 is 29.2 Å². The van der Waals surface area contributed by atoms with E-state index in [4.69, 9.17) is 16.0 Å². The van der Waals surface area contributed by atoms with Crippen LogP contribution in [-0.2, 0) is 0 Å². The Bertz CT molecular complexity index is 867. The molecule has 0 radical (unpaired) electrons. The van der Waals surface area contributed by atoms with Crippen LogP contribution in [0.25, 0.3) is 0 Å². The van der Waals surface area contributed by atoms with E-state index < -0.39 is 0 Å². The van der Waals surface area contributed by atoms with Gasteiger partial charge in [-0.3, -0.25) is 9.79 Å². The molecule has 1 unspecified atom stereocenters. The molecule has 3 N–H and O–H groups in total.